The molecule has 1 aromatic heterocycles. The van der Waals surface area contributed by atoms with Gasteiger partial charge < -0.3 is 16.0 Å². The number of benzene rings is 1. The third-order valence-electron chi connectivity index (χ3n) is 4.94. The van der Waals surface area contributed by atoms with E-state index in [1.165, 1.54) is 6.07 Å². The minimum absolute atomic E-state index is 0.0605. The number of carbonyl (C=O) groups excluding carboxylic acids is 1. The smallest absolute Gasteiger partial charge is 0.272 e. The van der Waals surface area contributed by atoms with Crippen LogP contribution in [0, 0.1) is 23.0 Å². The molecule has 1 amide bonds. The highest BCUT2D eigenvalue weighted by atomic mass is 16.6. The van der Waals surface area contributed by atoms with Crippen LogP contribution in [0.2, 0.25) is 0 Å². The zero-order valence-electron chi connectivity index (χ0n) is 15.2. The Morgan fingerprint density at radius 1 is 1.37 bits per heavy atom. The average Bonchev–Trinajstić information content (AvgIpc) is 2.66. The van der Waals surface area contributed by atoms with E-state index in [0.29, 0.717) is 12.1 Å². The topological polar surface area (TPSA) is 114 Å². The van der Waals surface area contributed by atoms with Crippen molar-refractivity contribution in [1.82, 2.24) is 4.98 Å². The third-order valence-corrected chi connectivity index (χ3v) is 4.94. The van der Waals surface area contributed by atoms with E-state index in [9.17, 15) is 14.9 Å². The molecule has 27 heavy (non-hydrogen) atoms. The number of hydrogen-bond donors (Lipinski definition) is 2. The lowest BCUT2D eigenvalue weighted by molar-refractivity contribution is -0.385. The maximum absolute atomic E-state index is 11.4. The van der Waals surface area contributed by atoms with Crippen molar-refractivity contribution in [2.75, 3.05) is 23.3 Å². The number of piperidine rings is 1. The molecule has 0 bridgehead atoms. The molecule has 142 valence electrons. The lowest BCUT2D eigenvalue weighted by Gasteiger charge is -2.32. The van der Waals surface area contributed by atoms with Crippen molar-refractivity contribution in [3.63, 3.8) is 0 Å². The van der Waals surface area contributed by atoms with E-state index in [1.54, 1.807) is 25.3 Å². The van der Waals surface area contributed by atoms with E-state index in [0.717, 1.165) is 43.0 Å². The number of pyridine rings is 1. The number of aryl methyl sites for hydroxylation is 1. The molecule has 1 aromatic carbocycles. The molecule has 0 atom stereocenters. The van der Waals surface area contributed by atoms with Gasteiger partial charge in [-0.15, -0.1) is 0 Å². The van der Waals surface area contributed by atoms with Crippen LogP contribution < -0.4 is 16.0 Å². The van der Waals surface area contributed by atoms with Gasteiger partial charge in [-0.05, 0) is 38.0 Å². The van der Waals surface area contributed by atoms with Gasteiger partial charge in [-0.3, -0.25) is 14.9 Å². The minimum atomic E-state index is -0.381. The number of nitrogens with zero attached hydrogens (tertiary/aromatic N) is 3. The summed E-state index contributed by atoms with van der Waals surface area (Å²) < 4.78 is 0. The maximum atomic E-state index is 11.4. The molecule has 3 N–H and O–H groups in total. The molecule has 1 saturated heterocycles. The van der Waals surface area contributed by atoms with Crippen molar-refractivity contribution >= 4 is 23.1 Å². The predicted octanol–water partition coefficient (Wildman–Crippen LogP) is 2.61. The van der Waals surface area contributed by atoms with Crippen LogP contribution in [0.5, 0.6) is 0 Å². The molecule has 0 radical (unpaired) electrons. The second kappa shape index (κ2) is 8.03. The summed E-state index contributed by atoms with van der Waals surface area (Å²) >= 11 is 0. The number of hydrogen-bond acceptors (Lipinski definition) is 6. The van der Waals surface area contributed by atoms with Gasteiger partial charge in [-0.25, -0.2) is 4.98 Å². The fourth-order valence-corrected chi connectivity index (χ4v) is 3.40. The first-order chi connectivity index (χ1) is 13.0. The molecular weight excluding hydrogens is 346 g/mol. The molecule has 1 aliphatic rings. The van der Waals surface area contributed by atoms with E-state index in [-0.39, 0.29) is 22.4 Å². The number of nitro benzene ring substituents is 1. The number of carbonyl (C=O) groups is 1. The third kappa shape index (κ3) is 4.33. The van der Waals surface area contributed by atoms with Crippen LogP contribution in [0.25, 0.3) is 0 Å². The number of aromatic nitrogens is 1. The van der Waals surface area contributed by atoms with Crippen LogP contribution >= 0.6 is 0 Å². The molecule has 1 fully saturated rings. The number of nitrogens with one attached hydrogen (secondary N) is 1. The fraction of sp³-hybridized carbons (Fsp3) is 0.368. The number of amides is 1. The monoisotopic (exact) mass is 369 g/mol. The van der Waals surface area contributed by atoms with Crippen molar-refractivity contribution in [2.24, 2.45) is 11.7 Å². The predicted molar refractivity (Wildman–Crippen MR) is 104 cm³/mol. The molecule has 1 aliphatic heterocycles. The lowest BCUT2D eigenvalue weighted by Crippen LogP contribution is -2.39. The van der Waals surface area contributed by atoms with Gasteiger partial charge in [0.1, 0.15) is 5.82 Å². The summed E-state index contributed by atoms with van der Waals surface area (Å²) in [5, 5.41) is 14.3. The molecule has 8 heteroatoms. The second-order valence-corrected chi connectivity index (χ2v) is 6.76. The molecule has 0 aliphatic carbocycles. The lowest BCUT2D eigenvalue weighted by atomic mass is 9.96. The summed E-state index contributed by atoms with van der Waals surface area (Å²) in [4.78, 5) is 28.6. The van der Waals surface area contributed by atoms with E-state index in [4.69, 9.17) is 5.73 Å². The first-order valence-corrected chi connectivity index (χ1v) is 8.93. The fourth-order valence-electron chi connectivity index (χ4n) is 3.40. The van der Waals surface area contributed by atoms with Gasteiger partial charge in [0.05, 0.1) is 4.92 Å². The molecule has 3 rings (SSSR count). The van der Waals surface area contributed by atoms with E-state index < -0.39 is 0 Å². The summed E-state index contributed by atoms with van der Waals surface area (Å²) in [7, 11) is 0. The van der Waals surface area contributed by atoms with Crippen molar-refractivity contribution in [2.45, 2.75) is 26.3 Å². The zero-order valence-corrected chi connectivity index (χ0v) is 15.2. The normalized spacial score (nSPS) is 14.8. The van der Waals surface area contributed by atoms with Gasteiger partial charge >= 0.3 is 0 Å². The van der Waals surface area contributed by atoms with Crippen LogP contribution in [0.1, 0.15) is 24.0 Å². The Morgan fingerprint density at radius 2 is 2.11 bits per heavy atom. The van der Waals surface area contributed by atoms with Crippen LogP contribution in [0.15, 0.2) is 36.5 Å². The van der Waals surface area contributed by atoms with Crippen LogP contribution in [0.3, 0.4) is 0 Å². The van der Waals surface area contributed by atoms with E-state index >= 15 is 0 Å². The highest BCUT2D eigenvalue weighted by molar-refractivity contribution is 5.77. The number of nitrogens with two attached hydrogens (primary N) is 1. The zero-order chi connectivity index (χ0) is 19.4. The van der Waals surface area contributed by atoms with Gasteiger partial charge in [0.25, 0.3) is 5.69 Å². The Bertz CT molecular complexity index is 847. The standard InChI is InChI=1S/C19H23N5O3/c1-13-11-16(4-5-17(13)24(26)27)22-12-15-3-2-8-21-19(15)23-9-6-14(7-10-23)18(20)25/h2-5,8,11,14,22H,6-7,9-10,12H2,1H3,(H2,20,25). The van der Waals surface area contributed by atoms with Crippen molar-refractivity contribution < 1.29 is 9.72 Å². The summed E-state index contributed by atoms with van der Waals surface area (Å²) in [6.07, 6.45) is 3.23. The summed E-state index contributed by atoms with van der Waals surface area (Å²) in [5.74, 6) is 0.604. The first kappa shape index (κ1) is 18.6. The number of anilines is 2. The summed E-state index contributed by atoms with van der Waals surface area (Å²) in [5.41, 5.74) is 7.99. The van der Waals surface area contributed by atoms with E-state index in [1.807, 2.05) is 12.1 Å². The maximum Gasteiger partial charge on any atom is 0.272 e. The Kier molecular flexibility index (Phi) is 5.54. The second-order valence-electron chi connectivity index (χ2n) is 6.76. The molecular formula is C19H23N5O3. The Balaban J connectivity index is 1.69. The summed E-state index contributed by atoms with van der Waals surface area (Å²) in [6, 6.07) is 8.88. The number of nitro groups is 1. The van der Waals surface area contributed by atoms with Gasteiger partial charge in [0.2, 0.25) is 5.91 Å². The molecule has 2 heterocycles. The average molecular weight is 369 g/mol. The first-order valence-electron chi connectivity index (χ1n) is 8.93. The SMILES string of the molecule is Cc1cc(NCc2cccnc2N2CCC(C(N)=O)CC2)ccc1[N+](=O)[O-]. The Hall–Kier alpha value is -3.16. The highest BCUT2D eigenvalue weighted by Gasteiger charge is 2.24. The van der Waals surface area contributed by atoms with Gasteiger partial charge in [-0.2, -0.15) is 0 Å². The molecule has 0 unspecified atom stereocenters. The molecule has 0 spiro atoms. The highest BCUT2D eigenvalue weighted by Crippen LogP contribution is 2.26. The van der Waals surface area contributed by atoms with Gasteiger partial charge in [0, 0.05) is 54.6 Å². The van der Waals surface area contributed by atoms with Gasteiger partial charge in [0.15, 0.2) is 0 Å². The van der Waals surface area contributed by atoms with Crippen LogP contribution in [0.4, 0.5) is 17.2 Å². The molecule has 2 aromatic rings. The Labute approximate surface area is 157 Å². The molecule has 8 nitrogen and oxygen atoms in total. The molecule has 0 saturated carbocycles. The van der Waals surface area contributed by atoms with E-state index in [2.05, 4.69) is 15.2 Å². The largest absolute Gasteiger partial charge is 0.381 e. The van der Waals surface area contributed by atoms with Crippen molar-refractivity contribution in [3.05, 3.63) is 57.8 Å². The quantitative estimate of drug-likeness (QED) is 0.597. The summed E-state index contributed by atoms with van der Waals surface area (Å²) in [6.45, 7) is 3.76. The number of rotatable bonds is 6. The van der Waals surface area contributed by atoms with Crippen molar-refractivity contribution in [1.29, 1.82) is 0 Å². The number of primary amides is 1. The van der Waals surface area contributed by atoms with Crippen molar-refractivity contribution in [3.8, 4) is 0 Å². The van der Waals surface area contributed by atoms with Crippen LogP contribution in [-0.4, -0.2) is 28.9 Å². The van der Waals surface area contributed by atoms with Gasteiger partial charge in [-0.1, -0.05) is 6.07 Å². The van der Waals surface area contributed by atoms with Crippen LogP contribution in [-0.2, 0) is 11.3 Å². The Morgan fingerprint density at radius 3 is 2.74 bits per heavy atom. The minimum Gasteiger partial charge on any atom is -0.381 e.